The van der Waals surface area contributed by atoms with Gasteiger partial charge < -0.3 is 20.3 Å². The van der Waals surface area contributed by atoms with Gasteiger partial charge in [-0.25, -0.2) is 0 Å². The molecule has 0 amide bonds. The molecule has 0 aromatic heterocycles. The van der Waals surface area contributed by atoms with Gasteiger partial charge in [-0.3, -0.25) is 4.99 Å². The molecule has 0 radical (unpaired) electrons. The van der Waals surface area contributed by atoms with Gasteiger partial charge in [-0.15, -0.1) is 0 Å². The number of ether oxygens (including phenoxy) is 1. The van der Waals surface area contributed by atoms with Crippen LogP contribution in [0.15, 0.2) is 29.3 Å². The van der Waals surface area contributed by atoms with Crippen LogP contribution in [-0.2, 0) is 0 Å². The van der Waals surface area contributed by atoms with E-state index >= 15 is 0 Å². The number of guanidine groups is 1. The number of nitrogens with zero attached hydrogens (tertiary/aromatic N) is 2. The maximum absolute atomic E-state index is 5.88. The van der Waals surface area contributed by atoms with Crippen molar-refractivity contribution >= 4 is 17.6 Å². The van der Waals surface area contributed by atoms with Gasteiger partial charge in [0.05, 0.1) is 6.54 Å². The van der Waals surface area contributed by atoms with Crippen LogP contribution < -0.4 is 15.4 Å². The number of rotatable bonds is 6. The molecule has 2 atom stereocenters. The molecule has 0 spiro atoms. The van der Waals surface area contributed by atoms with Gasteiger partial charge in [-0.05, 0) is 63.5 Å². The SMILES string of the molecule is CN=C(NCC1CCCN(C)C1)NCC(C)Oc1ccc(Cl)cc1. The molecule has 2 rings (SSSR count). The lowest BCUT2D eigenvalue weighted by molar-refractivity contribution is 0.209. The van der Waals surface area contributed by atoms with E-state index in [1.54, 1.807) is 7.05 Å². The summed E-state index contributed by atoms with van der Waals surface area (Å²) >= 11 is 5.88. The van der Waals surface area contributed by atoms with Gasteiger partial charge in [0.1, 0.15) is 11.9 Å². The second-order valence-corrected chi connectivity index (χ2v) is 6.92. The lowest BCUT2D eigenvalue weighted by Gasteiger charge is -2.30. The molecular formula is C18H29ClN4O. The van der Waals surface area contributed by atoms with Gasteiger partial charge >= 0.3 is 0 Å². The zero-order valence-corrected chi connectivity index (χ0v) is 15.6. The molecule has 1 heterocycles. The Bertz CT molecular complexity index is 520. The lowest BCUT2D eigenvalue weighted by Crippen LogP contribution is -2.45. The number of nitrogens with one attached hydrogen (secondary N) is 2. The van der Waals surface area contributed by atoms with Gasteiger partial charge in [0.25, 0.3) is 0 Å². The average Bonchev–Trinajstić information content (AvgIpc) is 2.57. The summed E-state index contributed by atoms with van der Waals surface area (Å²) in [6.45, 7) is 6.04. The Hall–Kier alpha value is -1.46. The maximum Gasteiger partial charge on any atom is 0.191 e. The maximum atomic E-state index is 5.88. The van der Waals surface area contributed by atoms with Crippen LogP contribution in [0.4, 0.5) is 0 Å². The van der Waals surface area contributed by atoms with E-state index in [0.29, 0.717) is 17.5 Å². The molecule has 1 saturated heterocycles. The summed E-state index contributed by atoms with van der Waals surface area (Å²) in [4.78, 5) is 6.69. The lowest BCUT2D eigenvalue weighted by atomic mass is 9.99. The Labute approximate surface area is 150 Å². The van der Waals surface area contributed by atoms with E-state index in [-0.39, 0.29) is 6.10 Å². The van der Waals surface area contributed by atoms with E-state index in [9.17, 15) is 0 Å². The molecule has 1 aromatic rings. The fourth-order valence-corrected chi connectivity index (χ4v) is 3.05. The Morgan fingerprint density at radius 2 is 2.12 bits per heavy atom. The Morgan fingerprint density at radius 3 is 2.79 bits per heavy atom. The second-order valence-electron chi connectivity index (χ2n) is 6.49. The minimum absolute atomic E-state index is 0.0329. The summed E-state index contributed by atoms with van der Waals surface area (Å²) in [5.74, 6) is 2.33. The smallest absolute Gasteiger partial charge is 0.191 e. The molecule has 0 aliphatic carbocycles. The molecule has 24 heavy (non-hydrogen) atoms. The third-order valence-corrected chi connectivity index (χ3v) is 4.46. The molecule has 2 unspecified atom stereocenters. The fourth-order valence-electron chi connectivity index (χ4n) is 2.93. The van der Waals surface area contributed by atoms with E-state index in [2.05, 4.69) is 27.6 Å². The van der Waals surface area contributed by atoms with Crippen LogP contribution in [0.1, 0.15) is 19.8 Å². The Balaban J connectivity index is 1.69. The van der Waals surface area contributed by atoms with Gasteiger partial charge in [0.2, 0.25) is 0 Å². The van der Waals surface area contributed by atoms with E-state index in [1.165, 1.54) is 19.4 Å². The highest BCUT2D eigenvalue weighted by Crippen LogP contribution is 2.16. The van der Waals surface area contributed by atoms with Crippen molar-refractivity contribution in [2.45, 2.75) is 25.9 Å². The van der Waals surface area contributed by atoms with E-state index in [0.717, 1.165) is 24.8 Å². The van der Waals surface area contributed by atoms with Crippen LogP contribution in [0.25, 0.3) is 0 Å². The van der Waals surface area contributed by atoms with Gasteiger partial charge in [0.15, 0.2) is 5.96 Å². The molecule has 2 N–H and O–H groups in total. The van der Waals surface area contributed by atoms with Gasteiger partial charge in [0, 0.05) is 25.2 Å². The van der Waals surface area contributed by atoms with E-state index in [1.807, 2.05) is 31.2 Å². The summed E-state index contributed by atoms with van der Waals surface area (Å²) in [5.41, 5.74) is 0. The summed E-state index contributed by atoms with van der Waals surface area (Å²) in [7, 11) is 3.99. The van der Waals surface area contributed by atoms with Crippen LogP contribution in [0.3, 0.4) is 0 Å². The predicted octanol–water partition coefficient (Wildman–Crippen LogP) is 2.61. The van der Waals surface area contributed by atoms with Crippen molar-refractivity contribution in [3.63, 3.8) is 0 Å². The Morgan fingerprint density at radius 1 is 1.38 bits per heavy atom. The predicted molar refractivity (Wildman–Crippen MR) is 101 cm³/mol. The number of aliphatic imine (C=N–C) groups is 1. The van der Waals surface area contributed by atoms with Crippen LogP contribution >= 0.6 is 11.6 Å². The standard InChI is InChI=1S/C18H29ClN4O/c1-14(24-17-8-6-16(19)7-9-17)11-21-18(20-2)22-12-15-5-4-10-23(3)13-15/h6-9,14-15H,4-5,10-13H2,1-3H3,(H2,20,21,22). The molecule has 0 bridgehead atoms. The molecule has 0 saturated carbocycles. The van der Waals surface area contributed by atoms with Crippen molar-refractivity contribution in [2.24, 2.45) is 10.9 Å². The highest BCUT2D eigenvalue weighted by Gasteiger charge is 2.17. The highest BCUT2D eigenvalue weighted by molar-refractivity contribution is 6.30. The topological polar surface area (TPSA) is 48.9 Å². The van der Waals surface area contributed by atoms with Crippen molar-refractivity contribution in [3.05, 3.63) is 29.3 Å². The van der Waals surface area contributed by atoms with Crippen molar-refractivity contribution in [2.75, 3.05) is 40.3 Å². The number of hydrogen-bond donors (Lipinski definition) is 2. The van der Waals surface area contributed by atoms with Gasteiger partial charge in [-0.1, -0.05) is 11.6 Å². The van der Waals surface area contributed by atoms with Crippen molar-refractivity contribution in [1.29, 1.82) is 0 Å². The number of likely N-dealkylation sites (tertiary alicyclic amines) is 1. The zero-order valence-electron chi connectivity index (χ0n) is 14.9. The minimum Gasteiger partial charge on any atom is -0.489 e. The first kappa shape index (κ1) is 18.9. The molecular weight excluding hydrogens is 324 g/mol. The van der Waals surface area contributed by atoms with Gasteiger partial charge in [-0.2, -0.15) is 0 Å². The molecule has 1 fully saturated rings. The van der Waals surface area contributed by atoms with Crippen LogP contribution in [0, 0.1) is 5.92 Å². The van der Waals surface area contributed by atoms with E-state index < -0.39 is 0 Å². The number of hydrogen-bond acceptors (Lipinski definition) is 3. The Kier molecular flexibility index (Phi) is 7.66. The second kappa shape index (κ2) is 9.74. The van der Waals surface area contributed by atoms with Crippen molar-refractivity contribution < 1.29 is 4.74 Å². The van der Waals surface area contributed by atoms with Crippen molar-refractivity contribution in [1.82, 2.24) is 15.5 Å². The zero-order chi connectivity index (χ0) is 17.4. The summed E-state index contributed by atoms with van der Waals surface area (Å²) in [6.07, 6.45) is 2.59. The third kappa shape index (κ3) is 6.57. The number of benzene rings is 1. The van der Waals surface area contributed by atoms with Crippen LogP contribution in [0.5, 0.6) is 5.75 Å². The normalized spacial score (nSPS) is 20.5. The summed E-state index contributed by atoms with van der Waals surface area (Å²) < 4.78 is 5.86. The first-order chi connectivity index (χ1) is 11.6. The van der Waals surface area contributed by atoms with Crippen molar-refractivity contribution in [3.8, 4) is 5.75 Å². The number of halogens is 1. The molecule has 1 aliphatic rings. The number of piperidine rings is 1. The third-order valence-electron chi connectivity index (χ3n) is 4.21. The molecule has 5 nitrogen and oxygen atoms in total. The fraction of sp³-hybridized carbons (Fsp3) is 0.611. The summed E-state index contributed by atoms with van der Waals surface area (Å²) in [6, 6.07) is 7.42. The van der Waals surface area contributed by atoms with E-state index in [4.69, 9.17) is 16.3 Å². The van der Waals surface area contributed by atoms with Crippen LogP contribution in [0.2, 0.25) is 5.02 Å². The first-order valence-corrected chi connectivity index (χ1v) is 9.00. The molecule has 6 heteroatoms. The highest BCUT2D eigenvalue weighted by atomic mass is 35.5. The largest absolute Gasteiger partial charge is 0.489 e. The molecule has 134 valence electrons. The summed E-state index contributed by atoms with van der Waals surface area (Å²) in [5, 5.41) is 7.47. The first-order valence-electron chi connectivity index (χ1n) is 8.62. The average molecular weight is 353 g/mol. The van der Waals surface area contributed by atoms with Crippen LogP contribution in [-0.4, -0.2) is 57.2 Å². The monoisotopic (exact) mass is 352 g/mol. The minimum atomic E-state index is 0.0329. The molecule has 1 aromatic carbocycles. The molecule has 1 aliphatic heterocycles. The quantitative estimate of drug-likeness (QED) is 0.610.